The van der Waals surface area contributed by atoms with Crippen LogP contribution in [0.2, 0.25) is 0 Å². The number of carbonyl (C=O) groups is 2. The van der Waals surface area contributed by atoms with Gasteiger partial charge in [-0.1, -0.05) is 13.8 Å². The summed E-state index contributed by atoms with van der Waals surface area (Å²) in [4.78, 5) is 23.1. The van der Waals surface area contributed by atoms with Crippen molar-refractivity contribution in [3.8, 4) is 6.07 Å². The van der Waals surface area contributed by atoms with Crippen molar-refractivity contribution in [3.05, 3.63) is 30.1 Å². The molecule has 0 aliphatic carbocycles. The Balaban J connectivity index is 2.51. The minimum absolute atomic E-state index is 0.172. The predicted octanol–water partition coefficient (Wildman–Crippen LogP) is 0.702. The summed E-state index contributed by atoms with van der Waals surface area (Å²) in [7, 11) is -4.02. The molecule has 2 N–H and O–H groups in total. The maximum absolute atomic E-state index is 12.8. The smallest absolute Gasteiger partial charge is 0.321 e. The van der Waals surface area contributed by atoms with Gasteiger partial charge in [-0.25, -0.2) is 12.8 Å². The molecule has 0 bridgehead atoms. The topological polar surface area (TPSA) is 125 Å². The lowest BCUT2D eigenvalue weighted by atomic mass is 9.90. The van der Waals surface area contributed by atoms with E-state index in [1.165, 1.54) is 6.92 Å². The molecule has 0 saturated carbocycles. The summed E-state index contributed by atoms with van der Waals surface area (Å²) in [6, 6.07) is 6.01. The number of nitrogens with one attached hydrogen (secondary N) is 2. The van der Waals surface area contributed by atoms with E-state index in [1.807, 2.05) is 10.8 Å². The van der Waals surface area contributed by atoms with Crippen molar-refractivity contribution in [1.29, 1.82) is 5.26 Å². The quantitative estimate of drug-likeness (QED) is 0.635. The van der Waals surface area contributed by atoms with Crippen LogP contribution < -0.4 is 10.0 Å². The molecule has 0 aliphatic rings. The van der Waals surface area contributed by atoms with E-state index in [9.17, 15) is 22.4 Å². The number of esters is 1. The average molecular weight is 385 g/mol. The first-order chi connectivity index (χ1) is 12.0. The Morgan fingerprint density at radius 3 is 2.38 bits per heavy atom. The van der Waals surface area contributed by atoms with E-state index < -0.39 is 46.4 Å². The highest BCUT2D eigenvalue weighted by Gasteiger charge is 2.30. The van der Waals surface area contributed by atoms with Crippen molar-refractivity contribution < 1.29 is 27.1 Å². The molecule has 1 aromatic rings. The molecule has 0 spiro atoms. The Hall–Kier alpha value is -2.51. The zero-order valence-electron chi connectivity index (χ0n) is 14.6. The molecule has 8 nitrogen and oxygen atoms in total. The fourth-order valence-electron chi connectivity index (χ4n) is 1.68. The van der Waals surface area contributed by atoms with E-state index in [0.717, 1.165) is 24.3 Å². The van der Waals surface area contributed by atoms with Gasteiger partial charge in [-0.15, -0.1) is 0 Å². The summed E-state index contributed by atoms with van der Waals surface area (Å²) in [6.07, 6.45) is 0. The number of rotatable bonds is 8. The van der Waals surface area contributed by atoms with Crippen LogP contribution in [0.1, 0.15) is 20.8 Å². The molecule has 1 amide bonds. The number of halogens is 1. The highest BCUT2D eigenvalue weighted by molar-refractivity contribution is 7.89. The van der Waals surface area contributed by atoms with Crippen LogP contribution in [0.3, 0.4) is 0 Å². The van der Waals surface area contributed by atoms with Gasteiger partial charge in [0.15, 0.2) is 6.61 Å². The normalized spacial score (nSPS) is 13.5. The Labute approximate surface area is 151 Å². The Morgan fingerprint density at radius 1 is 1.31 bits per heavy atom. The second-order valence-corrected chi connectivity index (χ2v) is 7.72. The molecule has 1 atom stereocenters. The second kappa shape index (κ2) is 8.73. The number of benzene rings is 1. The van der Waals surface area contributed by atoms with Gasteiger partial charge in [-0.2, -0.15) is 9.98 Å². The highest BCUT2D eigenvalue weighted by atomic mass is 32.2. The number of hydrogen-bond donors (Lipinski definition) is 2. The third kappa shape index (κ3) is 6.09. The Bertz CT molecular complexity index is 802. The van der Waals surface area contributed by atoms with E-state index in [0.29, 0.717) is 0 Å². The maximum Gasteiger partial charge on any atom is 0.321 e. The van der Waals surface area contributed by atoms with Crippen LogP contribution >= 0.6 is 0 Å². The lowest BCUT2D eigenvalue weighted by Gasteiger charge is -2.27. The number of nitriles is 1. The standard InChI is InChI=1S/C16H20FN3O5S/c1-11(2)16(3,10-18)20-14(21)9-25-15(22)8-19-26(23,24)13-6-4-12(17)5-7-13/h4-7,11,19H,8-9H2,1-3H3,(H,20,21)/t16-/m0/s1. The molecular formula is C16H20FN3O5S. The molecule has 0 radical (unpaired) electrons. The van der Waals surface area contributed by atoms with E-state index in [1.54, 1.807) is 13.8 Å². The molecule has 0 fully saturated rings. The molecule has 0 heterocycles. The number of ether oxygens (including phenoxy) is 1. The molecule has 10 heteroatoms. The lowest BCUT2D eigenvalue weighted by molar-refractivity contribution is -0.147. The second-order valence-electron chi connectivity index (χ2n) is 5.96. The van der Waals surface area contributed by atoms with Gasteiger partial charge in [0.1, 0.15) is 17.9 Å². The van der Waals surface area contributed by atoms with Crippen molar-refractivity contribution in [2.24, 2.45) is 5.92 Å². The number of hydrogen-bond acceptors (Lipinski definition) is 6. The fraction of sp³-hybridized carbons (Fsp3) is 0.438. The van der Waals surface area contributed by atoms with Crippen LogP contribution in [0, 0.1) is 23.1 Å². The van der Waals surface area contributed by atoms with Crippen molar-refractivity contribution in [1.82, 2.24) is 10.0 Å². The monoisotopic (exact) mass is 385 g/mol. The van der Waals surface area contributed by atoms with Gasteiger partial charge in [0.05, 0.1) is 11.0 Å². The van der Waals surface area contributed by atoms with Gasteiger partial charge < -0.3 is 10.1 Å². The van der Waals surface area contributed by atoms with Crippen molar-refractivity contribution in [2.45, 2.75) is 31.2 Å². The molecule has 0 aromatic heterocycles. The van der Waals surface area contributed by atoms with Crippen LogP contribution in [0.15, 0.2) is 29.2 Å². The van der Waals surface area contributed by atoms with E-state index in [2.05, 4.69) is 10.1 Å². The van der Waals surface area contributed by atoms with Crippen LogP contribution in [0.5, 0.6) is 0 Å². The molecule has 26 heavy (non-hydrogen) atoms. The third-order valence-corrected chi connectivity index (χ3v) is 5.10. The van der Waals surface area contributed by atoms with Gasteiger partial charge in [0.25, 0.3) is 5.91 Å². The molecule has 1 aromatic carbocycles. The van der Waals surface area contributed by atoms with Crippen LogP contribution in [0.25, 0.3) is 0 Å². The molecular weight excluding hydrogens is 365 g/mol. The fourth-order valence-corrected chi connectivity index (χ4v) is 2.64. The Kier molecular flexibility index (Phi) is 7.23. The van der Waals surface area contributed by atoms with Crippen molar-refractivity contribution in [3.63, 3.8) is 0 Å². The van der Waals surface area contributed by atoms with E-state index in [4.69, 9.17) is 5.26 Å². The van der Waals surface area contributed by atoms with Crippen molar-refractivity contribution in [2.75, 3.05) is 13.2 Å². The van der Waals surface area contributed by atoms with Crippen molar-refractivity contribution >= 4 is 21.9 Å². The van der Waals surface area contributed by atoms with Gasteiger partial charge in [-0.3, -0.25) is 9.59 Å². The number of amides is 1. The zero-order valence-corrected chi connectivity index (χ0v) is 15.4. The minimum atomic E-state index is -4.02. The first kappa shape index (κ1) is 21.5. The number of nitrogens with zero attached hydrogens (tertiary/aromatic N) is 1. The molecule has 0 aliphatic heterocycles. The largest absolute Gasteiger partial charge is 0.455 e. The maximum atomic E-state index is 12.8. The first-order valence-electron chi connectivity index (χ1n) is 7.63. The zero-order chi connectivity index (χ0) is 20.0. The lowest BCUT2D eigenvalue weighted by Crippen LogP contribution is -2.50. The summed E-state index contributed by atoms with van der Waals surface area (Å²) in [6.45, 7) is 3.68. The summed E-state index contributed by atoms with van der Waals surface area (Å²) >= 11 is 0. The average Bonchev–Trinajstić information content (AvgIpc) is 2.58. The van der Waals surface area contributed by atoms with Crippen LogP contribution in [0.4, 0.5) is 4.39 Å². The molecule has 0 unspecified atom stereocenters. The minimum Gasteiger partial charge on any atom is -0.455 e. The molecule has 1 rings (SSSR count). The molecule has 0 saturated heterocycles. The summed E-state index contributed by atoms with van der Waals surface area (Å²) in [5, 5.41) is 11.6. The SMILES string of the molecule is CC(C)[C@](C)(C#N)NC(=O)COC(=O)CNS(=O)(=O)c1ccc(F)cc1. The number of sulfonamides is 1. The third-order valence-electron chi connectivity index (χ3n) is 3.68. The Morgan fingerprint density at radius 2 is 1.88 bits per heavy atom. The highest BCUT2D eigenvalue weighted by Crippen LogP contribution is 2.14. The van der Waals surface area contributed by atoms with Gasteiger partial charge in [0.2, 0.25) is 10.0 Å². The van der Waals surface area contributed by atoms with E-state index in [-0.39, 0.29) is 10.8 Å². The number of carbonyl (C=O) groups excluding carboxylic acids is 2. The first-order valence-corrected chi connectivity index (χ1v) is 9.11. The van der Waals surface area contributed by atoms with Gasteiger partial charge in [-0.05, 0) is 37.1 Å². The van der Waals surface area contributed by atoms with Gasteiger partial charge in [0, 0.05) is 0 Å². The summed E-state index contributed by atoms with van der Waals surface area (Å²) < 4.78 is 43.3. The predicted molar refractivity (Wildman–Crippen MR) is 89.5 cm³/mol. The summed E-state index contributed by atoms with van der Waals surface area (Å²) in [5.41, 5.74) is -1.12. The van der Waals surface area contributed by atoms with Gasteiger partial charge >= 0.3 is 5.97 Å². The molecule has 142 valence electrons. The summed E-state index contributed by atoms with van der Waals surface area (Å²) in [5.74, 6) is -2.43. The van der Waals surface area contributed by atoms with Crippen LogP contribution in [-0.2, 0) is 24.3 Å². The van der Waals surface area contributed by atoms with Crippen LogP contribution in [-0.4, -0.2) is 39.0 Å². The van der Waals surface area contributed by atoms with E-state index >= 15 is 0 Å².